The van der Waals surface area contributed by atoms with Crippen LogP contribution in [0.5, 0.6) is 0 Å². The molecule has 2 aliphatic heterocycles. The van der Waals surface area contributed by atoms with Gasteiger partial charge in [0.05, 0.1) is 11.8 Å². The fourth-order valence-corrected chi connectivity index (χ4v) is 2.96. The van der Waals surface area contributed by atoms with Gasteiger partial charge in [-0.1, -0.05) is 18.2 Å². The van der Waals surface area contributed by atoms with Gasteiger partial charge in [-0.15, -0.1) is 0 Å². The van der Waals surface area contributed by atoms with E-state index in [1.165, 1.54) is 5.01 Å². The Bertz CT molecular complexity index is 607. The molecule has 1 aromatic carbocycles. The van der Waals surface area contributed by atoms with Gasteiger partial charge >= 0.3 is 0 Å². The molecule has 6 nitrogen and oxygen atoms in total. The summed E-state index contributed by atoms with van der Waals surface area (Å²) in [6.07, 6.45) is 2.64. The summed E-state index contributed by atoms with van der Waals surface area (Å²) in [6, 6.07) is 9.22. The Hall–Kier alpha value is -2.21. The van der Waals surface area contributed by atoms with E-state index in [9.17, 15) is 9.59 Å². The molecular formula is C17H21N3O3. The minimum absolute atomic E-state index is 0.0621. The molecule has 122 valence electrons. The highest BCUT2D eigenvalue weighted by atomic mass is 16.5. The Morgan fingerprint density at radius 2 is 1.87 bits per heavy atom. The van der Waals surface area contributed by atoms with Crippen molar-refractivity contribution in [1.82, 2.24) is 4.90 Å². The van der Waals surface area contributed by atoms with Gasteiger partial charge in [0, 0.05) is 33.0 Å². The summed E-state index contributed by atoms with van der Waals surface area (Å²) in [5, 5.41) is 5.67. The summed E-state index contributed by atoms with van der Waals surface area (Å²) >= 11 is 0. The minimum Gasteiger partial charge on any atom is -0.381 e. The van der Waals surface area contributed by atoms with E-state index in [2.05, 4.69) is 5.10 Å². The maximum Gasteiger partial charge on any atom is 0.270 e. The molecule has 2 amide bonds. The van der Waals surface area contributed by atoms with Crippen molar-refractivity contribution in [3.8, 4) is 0 Å². The van der Waals surface area contributed by atoms with Crippen molar-refractivity contribution in [1.29, 1.82) is 0 Å². The van der Waals surface area contributed by atoms with Crippen LogP contribution in [0.4, 0.5) is 5.69 Å². The molecule has 3 rings (SSSR count). The van der Waals surface area contributed by atoms with Crippen LogP contribution in [0.1, 0.15) is 25.7 Å². The van der Waals surface area contributed by atoms with Crippen molar-refractivity contribution in [3.63, 3.8) is 0 Å². The molecule has 23 heavy (non-hydrogen) atoms. The number of hydrazone groups is 1. The molecule has 1 saturated heterocycles. The lowest BCUT2D eigenvalue weighted by Crippen LogP contribution is -2.46. The molecule has 2 aliphatic rings. The second-order valence-corrected chi connectivity index (χ2v) is 5.82. The predicted molar refractivity (Wildman–Crippen MR) is 87.2 cm³/mol. The third-order valence-corrected chi connectivity index (χ3v) is 4.34. The first-order chi connectivity index (χ1) is 11.2. The summed E-state index contributed by atoms with van der Waals surface area (Å²) in [5.41, 5.74) is 1.16. The molecule has 0 aromatic heterocycles. The van der Waals surface area contributed by atoms with Gasteiger partial charge < -0.3 is 9.64 Å². The smallest absolute Gasteiger partial charge is 0.270 e. The number of rotatable bonds is 3. The van der Waals surface area contributed by atoms with Gasteiger partial charge in [0.25, 0.3) is 5.91 Å². The zero-order valence-corrected chi connectivity index (χ0v) is 13.3. The van der Waals surface area contributed by atoms with Crippen molar-refractivity contribution in [3.05, 3.63) is 30.3 Å². The fraction of sp³-hybridized carbons (Fsp3) is 0.471. The Labute approximate surface area is 135 Å². The fourth-order valence-electron chi connectivity index (χ4n) is 2.96. The summed E-state index contributed by atoms with van der Waals surface area (Å²) in [6.45, 7) is 1.35. The van der Waals surface area contributed by atoms with Gasteiger partial charge in [-0.2, -0.15) is 5.10 Å². The monoisotopic (exact) mass is 315 g/mol. The van der Waals surface area contributed by atoms with Crippen LogP contribution in [0.2, 0.25) is 0 Å². The highest BCUT2D eigenvalue weighted by Crippen LogP contribution is 2.21. The van der Waals surface area contributed by atoms with E-state index in [1.54, 1.807) is 7.11 Å². The van der Waals surface area contributed by atoms with Crippen molar-refractivity contribution < 1.29 is 14.3 Å². The number of carbonyl (C=O) groups is 2. The number of piperidine rings is 1. The normalized spacial score (nSPS) is 19.7. The molecule has 1 aromatic rings. The van der Waals surface area contributed by atoms with E-state index >= 15 is 0 Å². The van der Waals surface area contributed by atoms with E-state index < -0.39 is 0 Å². The van der Waals surface area contributed by atoms with Gasteiger partial charge in [0.15, 0.2) is 0 Å². The molecule has 0 N–H and O–H groups in total. The van der Waals surface area contributed by atoms with Crippen molar-refractivity contribution in [2.45, 2.75) is 31.8 Å². The Morgan fingerprint density at radius 3 is 2.52 bits per heavy atom. The molecule has 6 heteroatoms. The Kier molecular flexibility index (Phi) is 4.71. The molecule has 0 unspecified atom stereocenters. The van der Waals surface area contributed by atoms with E-state index in [0.717, 1.165) is 12.8 Å². The van der Waals surface area contributed by atoms with Gasteiger partial charge in [0.2, 0.25) is 5.91 Å². The molecule has 1 fully saturated rings. The third-order valence-electron chi connectivity index (χ3n) is 4.34. The number of carbonyl (C=O) groups excluding carboxylic acids is 2. The molecule has 0 spiro atoms. The maximum atomic E-state index is 12.6. The van der Waals surface area contributed by atoms with E-state index in [4.69, 9.17) is 4.74 Å². The third kappa shape index (κ3) is 3.42. The molecule has 0 aliphatic carbocycles. The molecule has 0 radical (unpaired) electrons. The topological polar surface area (TPSA) is 62.2 Å². The van der Waals surface area contributed by atoms with Gasteiger partial charge in [-0.3, -0.25) is 9.59 Å². The summed E-state index contributed by atoms with van der Waals surface area (Å²) < 4.78 is 5.33. The second-order valence-electron chi connectivity index (χ2n) is 5.82. The average Bonchev–Trinajstić information content (AvgIpc) is 2.62. The zero-order valence-electron chi connectivity index (χ0n) is 13.3. The highest BCUT2D eigenvalue weighted by Gasteiger charge is 2.30. The minimum atomic E-state index is -0.0779. The first-order valence-corrected chi connectivity index (χ1v) is 7.96. The lowest BCUT2D eigenvalue weighted by Gasteiger charge is -2.32. The van der Waals surface area contributed by atoms with E-state index in [1.807, 2.05) is 35.2 Å². The van der Waals surface area contributed by atoms with Crippen LogP contribution in [0.3, 0.4) is 0 Å². The van der Waals surface area contributed by atoms with Crippen molar-refractivity contribution in [2.24, 2.45) is 5.10 Å². The van der Waals surface area contributed by atoms with Crippen molar-refractivity contribution >= 4 is 23.2 Å². The number of ether oxygens (including phenoxy) is 1. The standard InChI is InChI=1S/C17H21N3O3/c1-23-14-9-11-19(12-10-14)17(22)15-7-8-16(21)20(18-15)13-5-3-2-4-6-13/h2-6,14H,7-12H2,1H3. The molecule has 0 saturated carbocycles. The van der Waals surface area contributed by atoms with Crippen LogP contribution in [-0.2, 0) is 14.3 Å². The molecule has 0 bridgehead atoms. The van der Waals surface area contributed by atoms with Crippen LogP contribution in [-0.4, -0.2) is 48.7 Å². The largest absolute Gasteiger partial charge is 0.381 e. The van der Waals surface area contributed by atoms with Crippen LogP contribution in [0.25, 0.3) is 0 Å². The lowest BCUT2D eigenvalue weighted by molar-refractivity contribution is -0.126. The van der Waals surface area contributed by atoms with Gasteiger partial charge in [0.1, 0.15) is 5.71 Å². The SMILES string of the molecule is COC1CCN(C(=O)C2=NN(c3ccccc3)C(=O)CC2)CC1. The molecule has 2 heterocycles. The van der Waals surface area contributed by atoms with Gasteiger partial charge in [-0.05, 0) is 25.0 Å². The quantitative estimate of drug-likeness (QED) is 0.854. The summed E-state index contributed by atoms with van der Waals surface area (Å²) in [4.78, 5) is 26.6. The lowest BCUT2D eigenvalue weighted by atomic mass is 10.1. The van der Waals surface area contributed by atoms with Crippen molar-refractivity contribution in [2.75, 3.05) is 25.2 Å². The number of amides is 2. The van der Waals surface area contributed by atoms with Crippen LogP contribution in [0.15, 0.2) is 35.4 Å². The number of hydrogen-bond acceptors (Lipinski definition) is 4. The first kappa shape index (κ1) is 15.7. The van der Waals surface area contributed by atoms with Crippen LogP contribution < -0.4 is 5.01 Å². The second kappa shape index (κ2) is 6.91. The van der Waals surface area contributed by atoms with E-state index in [0.29, 0.717) is 37.3 Å². The Balaban J connectivity index is 1.74. The number of likely N-dealkylation sites (tertiary alicyclic amines) is 1. The number of methoxy groups -OCH3 is 1. The van der Waals surface area contributed by atoms with Crippen LogP contribution >= 0.6 is 0 Å². The van der Waals surface area contributed by atoms with Gasteiger partial charge in [-0.25, -0.2) is 5.01 Å². The number of benzene rings is 1. The molecular weight excluding hydrogens is 294 g/mol. The van der Waals surface area contributed by atoms with Crippen LogP contribution in [0, 0.1) is 0 Å². The number of anilines is 1. The zero-order chi connectivity index (χ0) is 16.2. The maximum absolute atomic E-state index is 12.6. The number of hydrogen-bond donors (Lipinski definition) is 0. The predicted octanol–water partition coefficient (Wildman–Crippen LogP) is 1.81. The number of para-hydroxylation sites is 1. The number of nitrogens with zero attached hydrogens (tertiary/aromatic N) is 3. The summed E-state index contributed by atoms with van der Waals surface area (Å²) in [5.74, 6) is -0.140. The molecule has 0 atom stereocenters. The first-order valence-electron chi connectivity index (χ1n) is 7.96. The Morgan fingerprint density at radius 1 is 1.17 bits per heavy atom. The van der Waals surface area contributed by atoms with E-state index in [-0.39, 0.29) is 17.9 Å². The summed E-state index contributed by atoms with van der Waals surface area (Å²) in [7, 11) is 1.71. The highest BCUT2D eigenvalue weighted by molar-refractivity contribution is 6.40. The average molecular weight is 315 g/mol.